The molecular formula is C22H24N2O. The zero-order valence-corrected chi connectivity index (χ0v) is 14.2. The third kappa shape index (κ3) is 3.49. The van der Waals surface area contributed by atoms with Gasteiger partial charge in [-0.15, -0.1) is 0 Å². The molecule has 1 atom stereocenters. The molecule has 0 heterocycles. The molecule has 0 bridgehead atoms. The Bertz CT molecular complexity index is 659. The first-order valence-corrected chi connectivity index (χ1v) is 8.56. The van der Waals surface area contributed by atoms with Gasteiger partial charge in [0.2, 0.25) is 0 Å². The highest BCUT2D eigenvalue weighted by Gasteiger charge is 2.37. The molecule has 0 saturated carbocycles. The molecule has 3 rings (SSSR count). The molecule has 25 heavy (non-hydrogen) atoms. The topological polar surface area (TPSA) is 58.3 Å². The maximum Gasteiger partial charge on any atom is 0.0951 e. The van der Waals surface area contributed by atoms with Crippen LogP contribution in [0.4, 0.5) is 0 Å². The lowest BCUT2D eigenvalue weighted by atomic mass is 9.76. The molecule has 0 radical (unpaired) electrons. The Labute approximate surface area is 149 Å². The summed E-state index contributed by atoms with van der Waals surface area (Å²) in [6.07, 6.45) is 0. The molecular weight excluding hydrogens is 308 g/mol. The predicted molar refractivity (Wildman–Crippen MR) is 102 cm³/mol. The van der Waals surface area contributed by atoms with Gasteiger partial charge in [-0.05, 0) is 16.7 Å². The van der Waals surface area contributed by atoms with Crippen molar-refractivity contribution in [2.24, 2.45) is 5.73 Å². The van der Waals surface area contributed by atoms with Crippen molar-refractivity contribution in [1.29, 1.82) is 0 Å². The van der Waals surface area contributed by atoms with Gasteiger partial charge < -0.3 is 10.8 Å². The fourth-order valence-electron chi connectivity index (χ4n) is 3.30. The van der Waals surface area contributed by atoms with Crippen LogP contribution in [0.25, 0.3) is 0 Å². The Kier molecular flexibility index (Phi) is 5.61. The van der Waals surface area contributed by atoms with Crippen LogP contribution >= 0.6 is 0 Å². The monoisotopic (exact) mass is 332 g/mol. The smallest absolute Gasteiger partial charge is 0.0951 e. The number of aliphatic hydroxyl groups excluding tert-OH is 1. The molecule has 0 aliphatic rings. The molecule has 4 N–H and O–H groups in total. The van der Waals surface area contributed by atoms with E-state index in [1.807, 2.05) is 54.6 Å². The normalized spacial score (nSPS) is 12.7. The third-order valence-corrected chi connectivity index (χ3v) is 4.55. The SMILES string of the molecule is NCC(CO)NC(c1ccccc1)(c1ccccc1)c1ccccc1. The summed E-state index contributed by atoms with van der Waals surface area (Å²) < 4.78 is 0. The summed E-state index contributed by atoms with van der Waals surface area (Å²) in [6.45, 7) is 0.329. The van der Waals surface area contributed by atoms with Gasteiger partial charge in [0, 0.05) is 12.6 Å². The zero-order valence-electron chi connectivity index (χ0n) is 14.2. The minimum absolute atomic E-state index is 0.0231. The molecule has 3 aromatic rings. The second-order valence-corrected chi connectivity index (χ2v) is 6.11. The average molecular weight is 332 g/mol. The Balaban J connectivity index is 2.27. The minimum atomic E-state index is -0.587. The van der Waals surface area contributed by atoms with Crippen LogP contribution in [0.5, 0.6) is 0 Å². The molecule has 0 aromatic heterocycles. The number of nitrogens with two attached hydrogens (primary N) is 1. The van der Waals surface area contributed by atoms with Crippen molar-refractivity contribution in [3.8, 4) is 0 Å². The Morgan fingerprint density at radius 2 is 1.08 bits per heavy atom. The van der Waals surface area contributed by atoms with E-state index in [1.54, 1.807) is 0 Å². The zero-order chi connectivity index (χ0) is 17.5. The fourth-order valence-corrected chi connectivity index (χ4v) is 3.30. The standard InChI is InChI=1S/C22H24N2O/c23-16-21(17-25)24-22(18-10-4-1-5-11-18,19-12-6-2-7-13-19)20-14-8-3-9-15-20/h1-15,21,24-25H,16-17,23H2. The highest BCUT2D eigenvalue weighted by atomic mass is 16.3. The van der Waals surface area contributed by atoms with Gasteiger partial charge >= 0.3 is 0 Å². The molecule has 0 aliphatic heterocycles. The molecule has 3 aromatic carbocycles. The number of hydrogen-bond donors (Lipinski definition) is 3. The molecule has 3 heteroatoms. The molecule has 128 valence electrons. The van der Waals surface area contributed by atoms with Gasteiger partial charge in [-0.2, -0.15) is 0 Å². The maximum absolute atomic E-state index is 9.79. The summed E-state index contributed by atoms with van der Waals surface area (Å²) in [4.78, 5) is 0. The van der Waals surface area contributed by atoms with Gasteiger partial charge in [0.15, 0.2) is 0 Å². The first-order chi connectivity index (χ1) is 12.3. The largest absolute Gasteiger partial charge is 0.395 e. The number of hydrogen-bond acceptors (Lipinski definition) is 3. The van der Waals surface area contributed by atoms with E-state index >= 15 is 0 Å². The van der Waals surface area contributed by atoms with Crippen molar-refractivity contribution >= 4 is 0 Å². The Morgan fingerprint density at radius 1 is 0.720 bits per heavy atom. The molecule has 3 nitrogen and oxygen atoms in total. The molecule has 0 aliphatic carbocycles. The van der Waals surface area contributed by atoms with Crippen LogP contribution in [0.1, 0.15) is 16.7 Å². The first-order valence-electron chi connectivity index (χ1n) is 8.56. The van der Waals surface area contributed by atoms with Gasteiger partial charge in [-0.3, -0.25) is 5.32 Å². The summed E-state index contributed by atoms with van der Waals surface area (Å²) in [5, 5.41) is 13.4. The molecule has 0 fully saturated rings. The van der Waals surface area contributed by atoms with E-state index in [4.69, 9.17) is 5.73 Å². The summed E-state index contributed by atoms with van der Waals surface area (Å²) >= 11 is 0. The van der Waals surface area contributed by atoms with Crippen molar-refractivity contribution in [3.63, 3.8) is 0 Å². The van der Waals surface area contributed by atoms with E-state index in [-0.39, 0.29) is 12.6 Å². The van der Waals surface area contributed by atoms with Crippen molar-refractivity contribution in [3.05, 3.63) is 108 Å². The first kappa shape index (κ1) is 17.4. The summed E-state index contributed by atoms with van der Waals surface area (Å²) in [5.74, 6) is 0. The van der Waals surface area contributed by atoms with Crippen LogP contribution < -0.4 is 11.1 Å². The van der Waals surface area contributed by atoms with Gasteiger partial charge in [0.25, 0.3) is 0 Å². The lowest BCUT2D eigenvalue weighted by Crippen LogP contribution is -2.53. The molecule has 0 saturated heterocycles. The highest BCUT2D eigenvalue weighted by molar-refractivity contribution is 5.49. The number of rotatable bonds is 7. The van der Waals surface area contributed by atoms with Crippen molar-refractivity contribution in [2.75, 3.05) is 13.2 Å². The van der Waals surface area contributed by atoms with Crippen molar-refractivity contribution in [2.45, 2.75) is 11.6 Å². The van der Waals surface area contributed by atoms with Gasteiger partial charge in [-0.25, -0.2) is 0 Å². The predicted octanol–water partition coefficient (Wildman–Crippen LogP) is 2.89. The van der Waals surface area contributed by atoms with Crippen LogP contribution in [0.3, 0.4) is 0 Å². The van der Waals surface area contributed by atoms with Crippen molar-refractivity contribution < 1.29 is 5.11 Å². The Hall–Kier alpha value is -2.46. The summed E-state index contributed by atoms with van der Waals surface area (Å²) in [6, 6.07) is 30.7. The molecule has 0 amide bonds. The van der Waals surface area contributed by atoms with Crippen LogP contribution in [-0.4, -0.2) is 24.3 Å². The minimum Gasteiger partial charge on any atom is -0.395 e. The second-order valence-electron chi connectivity index (χ2n) is 6.11. The maximum atomic E-state index is 9.79. The number of nitrogens with one attached hydrogen (secondary N) is 1. The quantitative estimate of drug-likeness (QED) is 0.583. The second kappa shape index (κ2) is 8.08. The van der Waals surface area contributed by atoms with Crippen LogP contribution in [0.15, 0.2) is 91.0 Å². The lowest BCUT2D eigenvalue weighted by molar-refractivity contribution is 0.225. The van der Waals surface area contributed by atoms with Crippen LogP contribution in [-0.2, 0) is 5.54 Å². The summed E-state index contributed by atoms with van der Waals surface area (Å²) in [7, 11) is 0. The third-order valence-electron chi connectivity index (χ3n) is 4.55. The molecule has 0 spiro atoms. The summed E-state index contributed by atoms with van der Waals surface area (Å²) in [5.41, 5.74) is 8.65. The number of aliphatic hydroxyl groups is 1. The average Bonchev–Trinajstić information content (AvgIpc) is 2.71. The van der Waals surface area contributed by atoms with Crippen LogP contribution in [0.2, 0.25) is 0 Å². The fraction of sp³-hybridized carbons (Fsp3) is 0.182. The van der Waals surface area contributed by atoms with Gasteiger partial charge in [0.05, 0.1) is 12.1 Å². The Morgan fingerprint density at radius 3 is 1.36 bits per heavy atom. The van der Waals surface area contributed by atoms with E-state index in [9.17, 15) is 5.11 Å². The lowest BCUT2D eigenvalue weighted by Gasteiger charge is -2.39. The van der Waals surface area contributed by atoms with Gasteiger partial charge in [0.1, 0.15) is 0 Å². The molecule has 1 unspecified atom stereocenters. The van der Waals surface area contributed by atoms with E-state index in [0.29, 0.717) is 6.54 Å². The van der Waals surface area contributed by atoms with Gasteiger partial charge in [-0.1, -0.05) is 91.0 Å². The highest BCUT2D eigenvalue weighted by Crippen LogP contribution is 2.37. The van der Waals surface area contributed by atoms with Crippen LogP contribution in [0, 0.1) is 0 Å². The van der Waals surface area contributed by atoms with E-state index in [1.165, 1.54) is 0 Å². The van der Waals surface area contributed by atoms with Crippen molar-refractivity contribution in [1.82, 2.24) is 5.32 Å². The van der Waals surface area contributed by atoms with E-state index < -0.39 is 5.54 Å². The van der Waals surface area contributed by atoms with E-state index in [2.05, 4.69) is 41.7 Å². The number of benzene rings is 3. The van der Waals surface area contributed by atoms with E-state index in [0.717, 1.165) is 16.7 Å².